The molecule has 0 radical (unpaired) electrons. The Morgan fingerprint density at radius 1 is 1.31 bits per heavy atom. The maximum atomic E-state index is 11.9. The number of nitrogens with two attached hydrogens (primary N) is 1. The van der Waals surface area contributed by atoms with Crippen LogP contribution in [0.4, 0.5) is 5.95 Å². The van der Waals surface area contributed by atoms with Gasteiger partial charge in [0.1, 0.15) is 0 Å². The topological polar surface area (TPSA) is 102 Å². The van der Waals surface area contributed by atoms with E-state index < -0.39 is 0 Å². The number of nitrogens with one attached hydrogen (secondary N) is 2. The van der Waals surface area contributed by atoms with Crippen molar-refractivity contribution in [2.45, 2.75) is 0 Å². The van der Waals surface area contributed by atoms with Gasteiger partial charge in [0.15, 0.2) is 0 Å². The molecular formula is C8H13N6O2+. The zero-order valence-electron chi connectivity index (χ0n) is 9.24. The number of fused-ring (bicyclic) bond motifs is 1. The zero-order chi connectivity index (χ0) is 12.0. The first-order chi connectivity index (χ1) is 7.49. The van der Waals surface area contributed by atoms with E-state index in [-0.39, 0.29) is 11.2 Å². The number of anilines is 1. The average Bonchev–Trinajstić information content (AvgIpc) is 2.61. The van der Waals surface area contributed by atoms with E-state index in [9.17, 15) is 9.59 Å². The molecule has 0 atom stereocenters. The third-order valence-electron chi connectivity index (χ3n) is 2.69. The van der Waals surface area contributed by atoms with Crippen LogP contribution in [0.25, 0.3) is 11.2 Å². The Bertz CT molecular complexity index is 676. The number of aromatic nitrogens is 4. The highest BCUT2D eigenvalue weighted by atomic mass is 16.2. The molecular weight excluding hydrogens is 212 g/mol. The third kappa shape index (κ3) is 1.10. The molecule has 0 amide bonds. The van der Waals surface area contributed by atoms with Gasteiger partial charge < -0.3 is 0 Å². The van der Waals surface area contributed by atoms with Gasteiger partial charge in [0.05, 0.1) is 7.05 Å². The summed E-state index contributed by atoms with van der Waals surface area (Å²) in [6.07, 6.45) is 0. The molecule has 2 aromatic heterocycles. The lowest BCUT2D eigenvalue weighted by Crippen LogP contribution is -2.43. The Morgan fingerprint density at radius 3 is 2.50 bits per heavy atom. The predicted molar refractivity (Wildman–Crippen MR) is 57.8 cm³/mol. The Morgan fingerprint density at radius 2 is 1.94 bits per heavy atom. The molecule has 4 N–H and O–H groups in total. The number of nitrogens with zero attached hydrogens (tertiary/aromatic N) is 3. The zero-order valence-corrected chi connectivity index (χ0v) is 9.24. The number of imidazole rings is 1. The van der Waals surface area contributed by atoms with Crippen LogP contribution in [0.3, 0.4) is 0 Å². The van der Waals surface area contributed by atoms with E-state index in [1.165, 1.54) is 11.6 Å². The minimum Gasteiger partial charge on any atom is -0.267 e. The summed E-state index contributed by atoms with van der Waals surface area (Å²) in [4.78, 5) is 26.4. The molecule has 0 spiro atoms. The van der Waals surface area contributed by atoms with E-state index in [0.717, 1.165) is 4.57 Å². The van der Waals surface area contributed by atoms with E-state index in [0.29, 0.717) is 17.1 Å². The summed E-state index contributed by atoms with van der Waals surface area (Å²) in [6, 6.07) is 0. The molecule has 8 nitrogen and oxygen atoms in total. The fourth-order valence-corrected chi connectivity index (χ4v) is 1.71. The molecule has 8 heteroatoms. The van der Waals surface area contributed by atoms with E-state index in [1.807, 2.05) is 0 Å². The van der Waals surface area contributed by atoms with Gasteiger partial charge >= 0.3 is 11.6 Å². The Labute approximate surface area is 89.9 Å². The normalized spacial score (nSPS) is 11.0. The van der Waals surface area contributed by atoms with Gasteiger partial charge in [-0.15, -0.1) is 0 Å². The van der Waals surface area contributed by atoms with Crippen LogP contribution in [0, 0.1) is 0 Å². The lowest BCUT2D eigenvalue weighted by molar-refractivity contribution is -0.630. The fourth-order valence-electron chi connectivity index (χ4n) is 1.71. The molecule has 2 heterocycles. The average molecular weight is 225 g/mol. The summed E-state index contributed by atoms with van der Waals surface area (Å²) < 4.78 is 3.98. The highest BCUT2D eigenvalue weighted by Crippen LogP contribution is 2.03. The first kappa shape index (κ1) is 10.4. The van der Waals surface area contributed by atoms with Crippen molar-refractivity contribution >= 4 is 17.1 Å². The molecule has 0 aliphatic rings. The number of hydrogen-bond acceptors (Lipinski definition) is 4. The molecule has 0 unspecified atom stereocenters. The first-order valence-corrected chi connectivity index (χ1v) is 4.63. The van der Waals surface area contributed by atoms with Gasteiger partial charge in [0.2, 0.25) is 11.2 Å². The van der Waals surface area contributed by atoms with Crippen molar-refractivity contribution in [1.29, 1.82) is 0 Å². The number of rotatable bonds is 1. The Balaban J connectivity index is 3.13. The van der Waals surface area contributed by atoms with Crippen LogP contribution in [-0.2, 0) is 21.1 Å². The van der Waals surface area contributed by atoms with Crippen molar-refractivity contribution in [2.24, 2.45) is 27.0 Å². The molecule has 0 saturated heterocycles. The second kappa shape index (κ2) is 3.20. The van der Waals surface area contributed by atoms with Gasteiger partial charge in [0.25, 0.3) is 5.56 Å². The quantitative estimate of drug-likeness (QED) is 0.288. The summed E-state index contributed by atoms with van der Waals surface area (Å²) >= 11 is 0. The van der Waals surface area contributed by atoms with Crippen molar-refractivity contribution < 1.29 is 4.57 Å². The van der Waals surface area contributed by atoms with E-state index in [2.05, 4.69) is 10.4 Å². The molecule has 0 aromatic carbocycles. The van der Waals surface area contributed by atoms with Gasteiger partial charge in [-0.1, -0.05) is 0 Å². The Kier molecular flexibility index (Phi) is 2.09. The van der Waals surface area contributed by atoms with Crippen LogP contribution >= 0.6 is 0 Å². The van der Waals surface area contributed by atoms with Gasteiger partial charge in [0, 0.05) is 14.1 Å². The van der Waals surface area contributed by atoms with Crippen molar-refractivity contribution in [2.75, 3.05) is 5.43 Å². The predicted octanol–water partition coefficient (Wildman–Crippen LogP) is -2.32. The number of hydrazine groups is 1. The maximum Gasteiger partial charge on any atom is 0.374 e. The summed E-state index contributed by atoms with van der Waals surface area (Å²) in [5.74, 6) is 5.74. The van der Waals surface area contributed by atoms with Crippen molar-refractivity contribution in [3.63, 3.8) is 0 Å². The largest absolute Gasteiger partial charge is 0.374 e. The maximum absolute atomic E-state index is 11.9. The van der Waals surface area contributed by atoms with Crippen molar-refractivity contribution in [3.8, 4) is 0 Å². The van der Waals surface area contributed by atoms with Gasteiger partial charge in [-0.3, -0.25) is 13.9 Å². The second-order valence-corrected chi connectivity index (χ2v) is 3.58. The van der Waals surface area contributed by atoms with Gasteiger partial charge in [-0.05, 0) is 0 Å². The van der Waals surface area contributed by atoms with Crippen LogP contribution in [0.2, 0.25) is 0 Å². The Hall–Kier alpha value is -2.09. The number of hydrogen-bond donors (Lipinski definition) is 3. The molecule has 86 valence electrons. The number of H-pyrrole nitrogens is 1. The van der Waals surface area contributed by atoms with Crippen molar-refractivity contribution in [1.82, 2.24) is 14.1 Å². The van der Waals surface area contributed by atoms with Crippen LogP contribution in [0.1, 0.15) is 0 Å². The van der Waals surface area contributed by atoms with E-state index >= 15 is 0 Å². The molecule has 2 rings (SSSR count). The van der Waals surface area contributed by atoms with Crippen LogP contribution in [0.15, 0.2) is 9.59 Å². The number of aromatic amines is 1. The molecule has 0 saturated carbocycles. The molecule has 0 bridgehead atoms. The monoisotopic (exact) mass is 225 g/mol. The van der Waals surface area contributed by atoms with Gasteiger partial charge in [-0.25, -0.2) is 19.8 Å². The lowest BCUT2D eigenvalue weighted by Gasteiger charge is -2.00. The summed E-state index contributed by atoms with van der Waals surface area (Å²) in [7, 11) is 4.70. The summed E-state index contributed by atoms with van der Waals surface area (Å²) in [5.41, 5.74) is 2.49. The van der Waals surface area contributed by atoms with Crippen LogP contribution in [0.5, 0.6) is 0 Å². The van der Waals surface area contributed by atoms with Crippen LogP contribution < -0.4 is 27.1 Å². The SMILES string of the molecule is Cn1c(=O)c2c([nH]c(NN)[n+]2C)n(C)c1=O. The molecule has 0 aliphatic carbocycles. The standard InChI is InChI=1S/C8H12N6O2/c1-12-4-5(10-7(12)11-9)13(2)8(16)14(3)6(4)15/h9H2,1-3H3,(H,10,11,15)/p+1. The third-order valence-corrected chi connectivity index (χ3v) is 2.69. The van der Waals surface area contributed by atoms with Gasteiger partial charge in [-0.2, -0.15) is 5.84 Å². The number of nitrogen functional groups attached to an aromatic ring is 1. The summed E-state index contributed by atoms with van der Waals surface area (Å²) in [6.45, 7) is 0. The number of aryl methyl sites for hydroxylation is 2. The molecule has 2 aromatic rings. The van der Waals surface area contributed by atoms with Crippen LogP contribution in [-0.4, -0.2) is 14.1 Å². The first-order valence-electron chi connectivity index (χ1n) is 4.63. The van der Waals surface area contributed by atoms with E-state index in [4.69, 9.17) is 5.84 Å². The molecule has 16 heavy (non-hydrogen) atoms. The smallest absolute Gasteiger partial charge is 0.267 e. The lowest BCUT2D eigenvalue weighted by atomic mass is 10.5. The minimum absolute atomic E-state index is 0.363. The highest BCUT2D eigenvalue weighted by molar-refractivity contribution is 5.67. The van der Waals surface area contributed by atoms with E-state index in [1.54, 1.807) is 18.7 Å². The fraction of sp³-hybridized carbons (Fsp3) is 0.375. The molecule has 0 aliphatic heterocycles. The molecule has 0 fully saturated rings. The highest BCUT2D eigenvalue weighted by Gasteiger charge is 2.20. The second-order valence-electron chi connectivity index (χ2n) is 3.58. The minimum atomic E-state index is -0.386. The van der Waals surface area contributed by atoms with Crippen molar-refractivity contribution in [3.05, 3.63) is 20.8 Å². The summed E-state index contributed by atoms with van der Waals surface area (Å²) in [5, 5.41) is 0.